The van der Waals surface area contributed by atoms with Crippen LogP contribution >= 0.6 is 23.1 Å². The molecule has 2 aromatic heterocycles. The number of rotatable bonds is 6. The summed E-state index contributed by atoms with van der Waals surface area (Å²) in [6.45, 7) is 3.98. The molecule has 0 aliphatic heterocycles. The molecule has 0 saturated heterocycles. The number of thiophene rings is 1. The number of fused-ring (bicyclic) bond motifs is 1. The molecule has 2 heterocycles. The Bertz CT molecular complexity index is 1030. The van der Waals surface area contributed by atoms with Crippen LogP contribution in [-0.2, 0) is 11.3 Å². The number of nitrogens with one attached hydrogen (secondary N) is 1. The molecule has 0 fully saturated rings. The van der Waals surface area contributed by atoms with Gasteiger partial charge in [0.1, 0.15) is 10.6 Å². The molecule has 5 nitrogen and oxygen atoms in total. The van der Waals surface area contributed by atoms with E-state index in [1.54, 1.807) is 25.3 Å². The maximum Gasteiger partial charge on any atom is 0.263 e. The molecule has 1 N–H and O–H groups in total. The van der Waals surface area contributed by atoms with Crippen LogP contribution in [0.15, 0.2) is 52.3 Å². The molecule has 8 heteroatoms. The molecule has 3 rings (SSSR count). The van der Waals surface area contributed by atoms with Crippen molar-refractivity contribution in [3.63, 3.8) is 0 Å². The Morgan fingerprint density at radius 1 is 1.42 bits per heavy atom. The average Bonchev–Trinajstić information content (AvgIpc) is 3.07. The SMILES string of the molecule is C=CCn1c(SCC(=O)NC)nc2scc(-c3ccc(F)cc3)c2c1=O. The minimum Gasteiger partial charge on any atom is -0.358 e. The van der Waals surface area contributed by atoms with E-state index in [-0.39, 0.29) is 29.6 Å². The highest BCUT2D eigenvalue weighted by Gasteiger charge is 2.17. The van der Waals surface area contributed by atoms with Crippen LogP contribution in [0.1, 0.15) is 0 Å². The molecule has 0 saturated carbocycles. The van der Waals surface area contributed by atoms with Crippen LogP contribution in [0.4, 0.5) is 4.39 Å². The van der Waals surface area contributed by atoms with Gasteiger partial charge in [-0.3, -0.25) is 14.2 Å². The molecule has 1 amide bonds. The number of hydrogen-bond acceptors (Lipinski definition) is 5. The lowest BCUT2D eigenvalue weighted by Gasteiger charge is -2.10. The maximum atomic E-state index is 13.2. The molecule has 0 unspecified atom stereocenters. The van der Waals surface area contributed by atoms with Gasteiger partial charge in [0.05, 0.1) is 11.1 Å². The zero-order chi connectivity index (χ0) is 18.7. The van der Waals surface area contributed by atoms with Gasteiger partial charge in [-0.25, -0.2) is 9.37 Å². The summed E-state index contributed by atoms with van der Waals surface area (Å²) in [6, 6.07) is 6.01. The van der Waals surface area contributed by atoms with Crippen molar-refractivity contribution in [1.29, 1.82) is 0 Å². The van der Waals surface area contributed by atoms with Crippen molar-refractivity contribution < 1.29 is 9.18 Å². The number of thioether (sulfide) groups is 1. The van der Waals surface area contributed by atoms with Gasteiger partial charge in [0, 0.05) is 24.5 Å². The Labute approximate surface area is 157 Å². The lowest BCUT2D eigenvalue weighted by atomic mass is 10.1. The molecule has 134 valence electrons. The van der Waals surface area contributed by atoms with Crippen molar-refractivity contribution in [3.8, 4) is 11.1 Å². The Morgan fingerprint density at radius 2 is 2.15 bits per heavy atom. The minimum absolute atomic E-state index is 0.146. The lowest BCUT2D eigenvalue weighted by molar-refractivity contribution is -0.118. The fourth-order valence-corrected chi connectivity index (χ4v) is 4.32. The number of halogens is 1. The van der Waals surface area contributed by atoms with Crippen LogP contribution in [0.3, 0.4) is 0 Å². The van der Waals surface area contributed by atoms with Gasteiger partial charge in [-0.2, -0.15) is 0 Å². The first-order chi connectivity index (χ1) is 12.5. The number of allylic oxidation sites excluding steroid dienone is 1. The third-order valence-electron chi connectivity index (χ3n) is 3.74. The topological polar surface area (TPSA) is 64.0 Å². The average molecular weight is 389 g/mol. The van der Waals surface area contributed by atoms with Gasteiger partial charge < -0.3 is 5.32 Å². The van der Waals surface area contributed by atoms with E-state index < -0.39 is 0 Å². The summed E-state index contributed by atoms with van der Waals surface area (Å²) in [6.07, 6.45) is 1.61. The van der Waals surface area contributed by atoms with Gasteiger partial charge in [-0.15, -0.1) is 17.9 Å². The van der Waals surface area contributed by atoms with E-state index in [1.807, 2.05) is 5.38 Å². The normalized spacial score (nSPS) is 10.8. The molecule has 3 aromatic rings. The number of aromatic nitrogens is 2. The zero-order valence-corrected chi connectivity index (χ0v) is 15.6. The summed E-state index contributed by atoms with van der Waals surface area (Å²) in [5.74, 6) is -0.307. The fourth-order valence-electron chi connectivity index (χ4n) is 2.45. The molecule has 0 bridgehead atoms. The first-order valence-corrected chi connectivity index (χ1v) is 9.64. The molecular formula is C18H16FN3O2S2. The number of carbonyl (C=O) groups excluding carboxylic acids is 1. The van der Waals surface area contributed by atoms with Gasteiger partial charge in [-0.05, 0) is 17.7 Å². The first kappa shape index (κ1) is 18.3. The third-order valence-corrected chi connectivity index (χ3v) is 5.59. The van der Waals surface area contributed by atoms with E-state index in [2.05, 4.69) is 16.9 Å². The Hall–Kier alpha value is -2.45. The number of carbonyl (C=O) groups is 1. The summed E-state index contributed by atoms with van der Waals surface area (Å²) in [7, 11) is 1.56. The van der Waals surface area contributed by atoms with Crippen LogP contribution in [0.5, 0.6) is 0 Å². The van der Waals surface area contributed by atoms with E-state index in [9.17, 15) is 14.0 Å². The summed E-state index contributed by atoms with van der Waals surface area (Å²) in [5, 5.41) is 5.35. The Balaban J connectivity index is 2.14. The van der Waals surface area contributed by atoms with Gasteiger partial charge in [0.2, 0.25) is 5.91 Å². The fraction of sp³-hybridized carbons (Fsp3) is 0.167. The van der Waals surface area contributed by atoms with Crippen molar-refractivity contribution in [3.05, 3.63) is 58.5 Å². The van der Waals surface area contributed by atoms with Crippen molar-refractivity contribution in [1.82, 2.24) is 14.9 Å². The Kier molecular flexibility index (Phi) is 5.53. The monoisotopic (exact) mass is 389 g/mol. The maximum absolute atomic E-state index is 13.2. The highest BCUT2D eigenvalue weighted by Crippen LogP contribution is 2.32. The van der Waals surface area contributed by atoms with Crippen LogP contribution in [-0.4, -0.2) is 28.3 Å². The van der Waals surface area contributed by atoms with Crippen molar-refractivity contribution >= 4 is 39.2 Å². The molecule has 0 spiro atoms. The second kappa shape index (κ2) is 7.84. The molecular weight excluding hydrogens is 373 g/mol. The van der Waals surface area contributed by atoms with Crippen molar-refractivity contribution in [2.45, 2.75) is 11.7 Å². The number of hydrogen-bond donors (Lipinski definition) is 1. The van der Waals surface area contributed by atoms with Crippen LogP contribution in [0, 0.1) is 5.82 Å². The number of nitrogens with zero attached hydrogens (tertiary/aromatic N) is 2. The van der Waals surface area contributed by atoms with Crippen molar-refractivity contribution in [2.75, 3.05) is 12.8 Å². The van der Waals surface area contributed by atoms with Crippen LogP contribution in [0.25, 0.3) is 21.3 Å². The van der Waals surface area contributed by atoms with E-state index in [4.69, 9.17) is 0 Å². The van der Waals surface area contributed by atoms with Gasteiger partial charge in [0.25, 0.3) is 5.56 Å². The molecule has 0 radical (unpaired) electrons. The van der Waals surface area contributed by atoms with Crippen molar-refractivity contribution in [2.24, 2.45) is 0 Å². The van der Waals surface area contributed by atoms with Gasteiger partial charge >= 0.3 is 0 Å². The number of benzene rings is 1. The summed E-state index contributed by atoms with van der Waals surface area (Å²) in [5.41, 5.74) is 1.28. The van der Waals surface area contributed by atoms with E-state index in [1.165, 1.54) is 39.8 Å². The minimum atomic E-state index is -0.330. The molecule has 0 atom stereocenters. The zero-order valence-electron chi connectivity index (χ0n) is 14.0. The molecule has 0 aliphatic carbocycles. The summed E-state index contributed by atoms with van der Waals surface area (Å²) < 4.78 is 14.7. The first-order valence-electron chi connectivity index (χ1n) is 7.77. The lowest BCUT2D eigenvalue weighted by Crippen LogP contribution is -2.24. The third kappa shape index (κ3) is 3.56. The van der Waals surface area contributed by atoms with E-state index in [0.29, 0.717) is 15.4 Å². The highest BCUT2D eigenvalue weighted by atomic mass is 32.2. The van der Waals surface area contributed by atoms with Gasteiger partial charge in [0.15, 0.2) is 5.16 Å². The largest absolute Gasteiger partial charge is 0.358 e. The molecule has 1 aromatic carbocycles. The Morgan fingerprint density at radius 3 is 2.81 bits per heavy atom. The van der Waals surface area contributed by atoms with E-state index in [0.717, 1.165) is 11.1 Å². The standard InChI is InChI=1S/C18H16FN3O2S2/c1-3-8-22-17(24)15-13(11-4-6-12(19)7-5-11)9-25-16(15)21-18(22)26-10-14(23)20-2/h3-7,9H,1,8,10H2,2H3,(H,20,23). The summed E-state index contributed by atoms with van der Waals surface area (Å²) in [4.78, 5) is 29.8. The van der Waals surface area contributed by atoms with Gasteiger partial charge in [-0.1, -0.05) is 30.0 Å². The van der Waals surface area contributed by atoms with Crippen LogP contribution < -0.4 is 10.9 Å². The van der Waals surface area contributed by atoms with Crippen LogP contribution in [0.2, 0.25) is 0 Å². The quantitative estimate of drug-likeness (QED) is 0.399. The molecule has 0 aliphatic rings. The predicted molar refractivity (Wildman–Crippen MR) is 104 cm³/mol. The highest BCUT2D eigenvalue weighted by molar-refractivity contribution is 7.99. The predicted octanol–water partition coefficient (Wildman–Crippen LogP) is 3.29. The van der Waals surface area contributed by atoms with E-state index >= 15 is 0 Å². The summed E-state index contributed by atoms with van der Waals surface area (Å²) >= 11 is 2.56. The second-order valence-corrected chi connectivity index (χ2v) is 7.20. The molecule has 26 heavy (non-hydrogen) atoms. The number of amides is 1. The second-order valence-electron chi connectivity index (χ2n) is 5.40. The smallest absolute Gasteiger partial charge is 0.263 e.